The fourth-order valence-electron chi connectivity index (χ4n) is 7.28. The van der Waals surface area contributed by atoms with Crippen LogP contribution in [0.5, 0.6) is 0 Å². The van der Waals surface area contributed by atoms with Crippen LogP contribution < -0.4 is 9.77 Å². The summed E-state index contributed by atoms with van der Waals surface area (Å²) in [6.07, 6.45) is 0.844. The Bertz CT molecular complexity index is 1530. The number of nitrogens with zero attached hydrogens (tertiary/aromatic N) is 1. The number of thiazole rings is 1. The number of hydrogen-bond acceptors (Lipinski definition) is 7. The Hall–Kier alpha value is -2.69. The SMILES string of the molecule is CCOC(=O)c1ccc(N2C(=O)C3C4CC(C3C2=O)C2C(c3ccc(Br)cc3)c3sc(=O)[nH]c3SC42)cc1. The predicted octanol–water partition coefficient (Wildman–Crippen LogP) is 5.05. The number of anilines is 1. The first kappa shape index (κ1) is 24.4. The van der Waals surface area contributed by atoms with Crippen LogP contribution in [-0.2, 0) is 14.3 Å². The number of fused-ring (bicyclic) bond motifs is 9. The van der Waals surface area contributed by atoms with E-state index in [9.17, 15) is 19.2 Å². The Morgan fingerprint density at radius 3 is 2.39 bits per heavy atom. The minimum Gasteiger partial charge on any atom is -0.462 e. The van der Waals surface area contributed by atoms with Gasteiger partial charge in [-0.25, -0.2) is 4.79 Å². The zero-order valence-electron chi connectivity index (χ0n) is 20.3. The molecule has 3 heterocycles. The van der Waals surface area contributed by atoms with Crippen molar-refractivity contribution in [1.29, 1.82) is 0 Å². The summed E-state index contributed by atoms with van der Waals surface area (Å²) >= 11 is 6.47. The normalized spacial score (nSPS) is 30.8. The molecule has 2 aliphatic carbocycles. The summed E-state index contributed by atoms with van der Waals surface area (Å²) in [5.41, 5.74) is 2.01. The Labute approximate surface area is 235 Å². The van der Waals surface area contributed by atoms with Crippen LogP contribution >= 0.6 is 39.0 Å². The Morgan fingerprint density at radius 2 is 1.71 bits per heavy atom. The van der Waals surface area contributed by atoms with Gasteiger partial charge in [0.15, 0.2) is 0 Å². The molecule has 2 saturated carbocycles. The van der Waals surface area contributed by atoms with E-state index in [0.717, 1.165) is 26.4 Å². The summed E-state index contributed by atoms with van der Waals surface area (Å²) in [7, 11) is 0. The van der Waals surface area contributed by atoms with Crippen molar-refractivity contribution in [2.45, 2.75) is 29.5 Å². The number of benzene rings is 2. The maximum Gasteiger partial charge on any atom is 0.338 e. The number of H-pyrrole nitrogens is 1. The molecule has 194 valence electrons. The predicted molar refractivity (Wildman–Crippen MR) is 148 cm³/mol. The molecule has 1 N–H and O–H groups in total. The Kier molecular flexibility index (Phi) is 5.72. The molecule has 1 aromatic heterocycles. The minimum absolute atomic E-state index is 0.00469. The standard InChI is InChI=1S/C28H23BrN2O5S2/c1-2-36-27(34)13-5-9-15(10-6-13)31-25(32)20-16-11-17(21(20)26(31)33)22-19(16)18(12-3-7-14(29)8-4-12)23-24(37-22)30-28(35)38-23/h3-10,16-22H,2,11H2,1H3,(H,30,35). The molecule has 7 atom stereocenters. The zero-order valence-corrected chi connectivity index (χ0v) is 23.5. The molecule has 1 saturated heterocycles. The highest BCUT2D eigenvalue weighted by Gasteiger charge is 2.69. The van der Waals surface area contributed by atoms with E-state index in [0.29, 0.717) is 11.3 Å². The quantitative estimate of drug-likeness (QED) is 0.328. The number of nitrogens with one attached hydrogen (secondary N) is 1. The van der Waals surface area contributed by atoms with Gasteiger partial charge in [0, 0.05) is 20.5 Å². The number of hydrogen-bond donors (Lipinski definition) is 1. The van der Waals surface area contributed by atoms with Gasteiger partial charge in [-0.05, 0) is 73.1 Å². The molecule has 2 amide bonds. The third-order valence-corrected chi connectivity index (χ3v) is 11.7. The van der Waals surface area contributed by atoms with Gasteiger partial charge in [0.25, 0.3) is 0 Å². The number of aromatic amines is 1. The molecule has 7 unspecified atom stereocenters. The van der Waals surface area contributed by atoms with E-state index in [2.05, 4.69) is 33.0 Å². The van der Waals surface area contributed by atoms with E-state index in [-0.39, 0.29) is 64.1 Å². The number of thioether (sulfide) groups is 1. The number of carbonyl (C=O) groups is 3. The number of halogens is 1. The molecule has 3 fully saturated rings. The van der Waals surface area contributed by atoms with E-state index in [1.165, 1.54) is 16.2 Å². The van der Waals surface area contributed by atoms with E-state index in [1.54, 1.807) is 43.0 Å². The second-order valence-corrected chi connectivity index (χ2v) is 13.4. The molecule has 2 aliphatic heterocycles. The van der Waals surface area contributed by atoms with Crippen molar-refractivity contribution in [3.63, 3.8) is 0 Å². The molecule has 0 radical (unpaired) electrons. The number of aromatic nitrogens is 1. The van der Waals surface area contributed by atoms with Gasteiger partial charge in [0.1, 0.15) is 0 Å². The molecule has 2 aromatic carbocycles. The average Bonchev–Trinajstić information content (AvgIpc) is 3.64. The van der Waals surface area contributed by atoms with Crippen molar-refractivity contribution in [3.05, 3.63) is 78.7 Å². The van der Waals surface area contributed by atoms with Crippen LogP contribution in [0.25, 0.3) is 0 Å². The lowest BCUT2D eigenvalue weighted by molar-refractivity contribution is -0.123. The molecule has 0 spiro atoms. The largest absolute Gasteiger partial charge is 0.462 e. The van der Waals surface area contributed by atoms with Gasteiger partial charge in [-0.1, -0.05) is 39.4 Å². The van der Waals surface area contributed by atoms with Crippen molar-refractivity contribution in [1.82, 2.24) is 4.98 Å². The van der Waals surface area contributed by atoms with Gasteiger partial charge in [-0.15, -0.1) is 11.8 Å². The van der Waals surface area contributed by atoms with Crippen molar-refractivity contribution in [2.75, 3.05) is 11.5 Å². The highest BCUT2D eigenvalue weighted by atomic mass is 79.9. The van der Waals surface area contributed by atoms with Crippen LogP contribution in [0.4, 0.5) is 5.69 Å². The van der Waals surface area contributed by atoms with E-state index in [1.807, 2.05) is 12.1 Å². The van der Waals surface area contributed by atoms with Crippen LogP contribution in [0.15, 0.2) is 62.8 Å². The first-order chi connectivity index (χ1) is 18.4. The summed E-state index contributed by atoms with van der Waals surface area (Å²) in [6.45, 7) is 2.02. The Balaban J connectivity index is 1.25. The number of ether oxygens (including phenoxy) is 1. The van der Waals surface area contributed by atoms with Crippen LogP contribution in [-0.4, -0.2) is 34.6 Å². The van der Waals surface area contributed by atoms with Gasteiger partial charge in [0.05, 0.1) is 34.7 Å². The van der Waals surface area contributed by atoms with Crippen molar-refractivity contribution < 1.29 is 19.1 Å². The number of esters is 1. The Morgan fingerprint density at radius 1 is 1.03 bits per heavy atom. The number of rotatable bonds is 4. The van der Waals surface area contributed by atoms with Crippen molar-refractivity contribution in [2.24, 2.45) is 29.6 Å². The third-order valence-electron chi connectivity index (χ3n) is 8.59. The lowest BCUT2D eigenvalue weighted by atomic mass is 9.68. The third kappa shape index (κ3) is 3.46. The topological polar surface area (TPSA) is 96.5 Å². The fraction of sp³-hybridized carbons (Fsp3) is 0.357. The molecular formula is C28H23BrN2O5S2. The number of carbonyl (C=O) groups excluding carboxylic acids is 3. The monoisotopic (exact) mass is 610 g/mol. The molecule has 4 aliphatic rings. The first-order valence-electron chi connectivity index (χ1n) is 12.7. The zero-order chi connectivity index (χ0) is 26.3. The highest BCUT2D eigenvalue weighted by molar-refractivity contribution is 9.10. The summed E-state index contributed by atoms with van der Waals surface area (Å²) in [5, 5.41) is 1.05. The summed E-state index contributed by atoms with van der Waals surface area (Å²) in [6, 6.07) is 14.7. The molecule has 7 rings (SSSR count). The van der Waals surface area contributed by atoms with Gasteiger partial charge in [-0.3, -0.25) is 19.3 Å². The summed E-state index contributed by atoms with van der Waals surface area (Å²) < 4.78 is 6.04. The van der Waals surface area contributed by atoms with E-state index >= 15 is 0 Å². The summed E-state index contributed by atoms with van der Waals surface area (Å²) in [4.78, 5) is 57.4. The van der Waals surface area contributed by atoms with Crippen LogP contribution in [0, 0.1) is 29.6 Å². The first-order valence-corrected chi connectivity index (χ1v) is 15.2. The fourth-order valence-corrected chi connectivity index (χ4v) is 10.4. The van der Waals surface area contributed by atoms with E-state index < -0.39 is 5.97 Å². The lowest BCUT2D eigenvalue weighted by Gasteiger charge is -2.43. The van der Waals surface area contributed by atoms with Gasteiger partial charge < -0.3 is 9.72 Å². The van der Waals surface area contributed by atoms with Crippen molar-refractivity contribution >= 4 is 62.5 Å². The molecule has 38 heavy (non-hydrogen) atoms. The summed E-state index contributed by atoms with van der Waals surface area (Å²) in [5.74, 6) is -1.17. The minimum atomic E-state index is -0.432. The van der Waals surface area contributed by atoms with Gasteiger partial charge in [-0.2, -0.15) is 0 Å². The molecule has 7 nitrogen and oxygen atoms in total. The smallest absolute Gasteiger partial charge is 0.338 e. The second kappa shape index (κ2) is 8.93. The number of imide groups is 1. The maximum absolute atomic E-state index is 13.9. The molecule has 2 bridgehead atoms. The second-order valence-electron chi connectivity index (χ2n) is 10.3. The molecule has 10 heteroatoms. The molecular weight excluding hydrogens is 588 g/mol. The number of amides is 2. The highest BCUT2D eigenvalue weighted by Crippen LogP contribution is 2.68. The van der Waals surface area contributed by atoms with Crippen LogP contribution in [0.2, 0.25) is 0 Å². The maximum atomic E-state index is 13.9. The lowest BCUT2D eigenvalue weighted by Crippen LogP contribution is -2.42. The average molecular weight is 612 g/mol. The van der Waals surface area contributed by atoms with Gasteiger partial charge >= 0.3 is 10.8 Å². The van der Waals surface area contributed by atoms with Gasteiger partial charge in [0.2, 0.25) is 11.8 Å². The van der Waals surface area contributed by atoms with E-state index in [4.69, 9.17) is 4.74 Å². The van der Waals surface area contributed by atoms with Crippen molar-refractivity contribution in [3.8, 4) is 0 Å². The van der Waals surface area contributed by atoms with Crippen LogP contribution in [0.3, 0.4) is 0 Å². The van der Waals surface area contributed by atoms with Crippen LogP contribution in [0.1, 0.15) is 40.1 Å². The molecule has 3 aromatic rings.